The lowest BCUT2D eigenvalue weighted by atomic mass is 10.1. The summed E-state index contributed by atoms with van der Waals surface area (Å²) in [7, 11) is 0. The minimum absolute atomic E-state index is 0.139. The fourth-order valence-electron chi connectivity index (χ4n) is 2.83. The van der Waals surface area contributed by atoms with E-state index in [0.29, 0.717) is 18.2 Å². The highest BCUT2D eigenvalue weighted by Gasteiger charge is 2.40. The molecule has 2 N–H and O–H groups in total. The molecule has 21 heavy (non-hydrogen) atoms. The molecule has 0 bridgehead atoms. The van der Waals surface area contributed by atoms with Crippen LogP contribution >= 0.6 is 0 Å². The van der Waals surface area contributed by atoms with Crippen molar-refractivity contribution in [1.82, 2.24) is 0 Å². The standard InChI is InChI=1S/C14H16N2O5/c17-14(18)10-7-9(3-4-12(10)16(19)20)15-11-5-6-21-13(11)8-1-2-8/h3-4,7-8,11,13,15H,1-2,5-6H2,(H,17,18). The topological polar surface area (TPSA) is 102 Å². The van der Waals surface area contributed by atoms with Crippen molar-refractivity contribution in [3.05, 3.63) is 33.9 Å². The fourth-order valence-corrected chi connectivity index (χ4v) is 2.83. The van der Waals surface area contributed by atoms with Gasteiger partial charge in [0.1, 0.15) is 5.56 Å². The number of anilines is 1. The summed E-state index contributed by atoms with van der Waals surface area (Å²) < 4.78 is 5.71. The first-order valence-electron chi connectivity index (χ1n) is 6.96. The van der Waals surface area contributed by atoms with Crippen molar-refractivity contribution in [3.8, 4) is 0 Å². The van der Waals surface area contributed by atoms with E-state index in [-0.39, 0.29) is 17.7 Å². The zero-order valence-electron chi connectivity index (χ0n) is 11.3. The van der Waals surface area contributed by atoms with E-state index < -0.39 is 16.6 Å². The Balaban J connectivity index is 1.80. The molecule has 2 unspecified atom stereocenters. The number of benzene rings is 1. The number of nitro groups is 1. The van der Waals surface area contributed by atoms with Crippen molar-refractivity contribution in [1.29, 1.82) is 0 Å². The highest BCUT2D eigenvalue weighted by atomic mass is 16.6. The van der Waals surface area contributed by atoms with Gasteiger partial charge in [-0.15, -0.1) is 0 Å². The van der Waals surface area contributed by atoms with Crippen molar-refractivity contribution in [2.24, 2.45) is 5.92 Å². The van der Waals surface area contributed by atoms with E-state index in [4.69, 9.17) is 9.84 Å². The summed E-state index contributed by atoms with van der Waals surface area (Å²) in [6.07, 6.45) is 3.36. The highest BCUT2D eigenvalue weighted by molar-refractivity contribution is 5.93. The maximum atomic E-state index is 11.1. The SMILES string of the molecule is O=C(O)c1cc(NC2CCOC2C2CC2)ccc1[N+](=O)[O-]. The maximum absolute atomic E-state index is 11.1. The van der Waals surface area contributed by atoms with E-state index in [0.717, 1.165) is 6.42 Å². The molecular weight excluding hydrogens is 276 g/mol. The van der Waals surface area contributed by atoms with Crippen LogP contribution in [0.2, 0.25) is 0 Å². The van der Waals surface area contributed by atoms with Gasteiger partial charge in [-0.2, -0.15) is 0 Å². The largest absolute Gasteiger partial charge is 0.477 e. The summed E-state index contributed by atoms with van der Waals surface area (Å²) in [6, 6.07) is 4.24. The normalized spacial score (nSPS) is 24.8. The van der Waals surface area contributed by atoms with Gasteiger partial charge in [-0.3, -0.25) is 10.1 Å². The average Bonchev–Trinajstić information content (AvgIpc) is 3.19. The maximum Gasteiger partial charge on any atom is 0.342 e. The lowest BCUT2D eigenvalue weighted by Crippen LogP contribution is -2.31. The lowest BCUT2D eigenvalue weighted by molar-refractivity contribution is -0.385. The summed E-state index contributed by atoms with van der Waals surface area (Å²) >= 11 is 0. The third-order valence-electron chi connectivity index (χ3n) is 4.00. The van der Waals surface area contributed by atoms with Gasteiger partial charge >= 0.3 is 5.97 Å². The number of hydrogen-bond donors (Lipinski definition) is 2. The molecule has 112 valence electrons. The average molecular weight is 292 g/mol. The Morgan fingerprint density at radius 3 is 2.76 bits per heavy atom. The van der Waals surface area contributed by atoms with Crippen LogP contribution in [0.25, 0.3) is 0 Å². The van der Waals surface area contributed by atoms with Gasteiger partial charge in [0.05, 0.1) is 17.1 Å². The van der Waals surface area contributed by atoms with Crippen LogP contribution in [0.1, 0.15) is 29.6 Å². The quantitative estimate of drug-likeness (QED) is 0.637. The van der Waals surface area contributed by atoms with Gasteiger partial charge in [0.25, 0.3) is 5.69 Å². The molecular formula is C14H16N2O5. The first-order chi connectivity index (χ1) is 10.1. The lowest BCUT2D eigenvalue weighted by Gasteiger charge is -2.20. The van der Waals surface area contributed by atoms with Crippen LogP contribution < -0.4 is 5.32 Å². The van der Waals surface area contributed by atoms with Crippen molar-refractivity contribution < 1.29 is 19.6 Å². The summed E-state index contributed by atoms with van der Waals surface area (Å²) in [5.41, 5.74) is -0.111. The van der Waals surface area contributed by atoms with E-state index >= 15 is 0 Å². The van der Waals surface area contributed by atoms with E-state index in [1.807, 2.05) is 0 Å². The van der Waals surface area contributed by atoms with Crippen molar-refractivity contribution in [3.63, 3.8) is 0 Å². The minimum atomic E-state index is -1.30. The second-order valence-corrected chi connectivity index (χ2v) is 5.51. The monoisotopic (exact) mass is 292 g/mol. The molecule has 1 aliphatic carbocycles. The molecule has 0 aromatic heterocycles. The first kappa shape index (κ1) is 13.8. The third-order valence-corrected chi connectivity index (χ3v) is 4.00. The van der Waals surface area contributed by atoms with E-state index in [1.54, 1.807) is 6.07 Å². The number of nitrogens with zero attached hydrogens (tertiary/aromatic N) is 1. The zero-order valence-corrected chi connectivity index (χ0v) is 11.3. The molecule has 7 heteroatoms. The van der Waals surface area contributed by atoms with Crippen molar-refractivity contribution in [2.45, 2.75) is 31.4 Å². The first-order valence-corrected chi connectivity index (χ1v) is 6.96. The number of hydrogen-bond acceptors (Lipinski definition) is 5. The highest BCUT2D eigenvalue weighted by Crippen LogP contribution is 2.39. The molecule has 0 amide bonds. The number of rotatable bonds is 5. The van der Waals surface area contributed by atoms with E-state index in [1.165, 1.54) is 25.0 Å². The third kappa shape index (κ3) is 2.82. The van der Waals surface area contributed by atoms with Gasteiger partial charge in [0.2, 0.25) is 0 Å². The van der Waals surface area contributed by atoms with E-state index in [9.17, 15) is 14.9 Å². The second kappa shape index (κ2) is 5.33. The Kier molecular flexibility index (Phi) is 3.50. The van der Waals surface area contributed by atoms with Gasteiger partial charge in [-0.05, 0) is 37.3 Å². The molecule has 2 atom stereocenters. The Labute approximate surface area is 121 Å². The number of nitrogens with one attached hydrogen (secondary N) is 1. The van der Waals surface area contributed by atoms with Gasteiger partial charge in [-0.25, -0.2) is 4.79 Å². The summed E-state index contributed by atoms with van der Waals surface area (Å²) in [5, 5.41) is 23.2. The molecule has 1 aromatic carbocycles. The van der Waals surface area contributed by atoms with Crippen LogP contribution in [-0.4, -0.2) is 34.8 Å². The van der Waals surface area contributed by atoms with Crippen LogP contribution in [0, 0.1) is 16.0 Å². The Hall–Kier alpha value is -2.15. The number of carboxylic acid groups (broad SMARTS) is 1. The minimum Gasteiger partial charge on any atom is -0.477 e. The predicted molar refractivity (Wildman–Crippen MR) is 74.5 cm³/mol. The smallest absolute Gasteiger partial charge is 0.342 e. The van der Waals surface area contributed by atoms with Gasteiger partial charge < -0.3 is 15.2 Å². The molecule has 1 heterocycles. The number of nitro benzene ring substituents is 1. The molecule has 2 fully saturated rings. The van der Waals surface area contributed by atoms with E-state index in [2.05, 4.69) is 5.32 Å². The molecule has 1 saturated heterocycles. The number of ether oxygens (including phenoxy) is 1. The Morgan fingerprint density at radius 1 is 1.38 bits per heavy atom. The van der Waals surface area contributed by atoms with Crippen LogP contribution in [0.15, 0.2) is 18.2 Å². The Bertz CT molecular complexity index is 585. The van der Waals surface area contributed by atoms with Crippen LogP contribution in [-0.2, 0) is 4.74 Å². The predicted octanol–water partition coefficient (Wildman–Crippen LogP) is 2.27. The van der Waals surface area contributed by atoms with Gasteiger partial charge in [0, 0.05) is 18.4 Å². The fraction of sp³-hybridized carbons (Fsp3) is 0.500. The second-order valence-electron chi connectivity index (χ2n) is 5.51. The summed E-state index contributed by atoms with van der Waals surface area (Å²) in [5.74, 6) is -0.714. The van der Waals surface area contributed by atoms with Crippen LogP contribution in [0.4, 0.5) is 11.4 Å². The van der Waals surface area contributed by atoms with Gasteiger partial charge in [-0.1, -0.05) is 0 Å². The van der Waals surface area contributed by atoms with Crippen LogP contribution in [0.3, 0.4) is 0 Å². The molecule has 7 nitrogen and oxygen atoms in total. The summed E-state index contributed by atoms with van der Waals surface area (Å²) in [6.45, 7) is 0.692. The molecule has 2 aliphatic rings. The molecule has 1 saturated carbocycles. The summed E-state index contributed by atoms with van der Waals surface area (Å²) in [4.78, 5) is 21.3. The zero-order chi connectivity index (χ0) is 15.0. The Morgan fingerprint density at radius 2 is 2.14 bits per heavy atom. The molecule has 1 aromatic rings. The number of carboxylic acids is 1. The van der Waals surface area contributed by atoms with Crippen molar-refractivity contribution >= 4 is 17.3 Å². The molecule has 3 rings (SSSR count). The molecule has 0 spiro atoms. The molecule has 1 aliphatic heterocycles. The van der Waals surface area contributed by atoms with Gasteiger partial charge in [0.15, 0.2) is 0 Å². The molecule has 0 radical (unpaired) electrons. The van der Waals surface area contributed by atoms with Crippen LogP contribution in [0.5, 0.6) is 0 Å². The number of aromatic carboxylic acids is 1. The number of carbonyl (C=O) groups is 1. The van der Waals surface area contributed by atoms with Crippen molar-refractivity contribution in [2.75, 3.05) is 11.9 Å².